The number of unbranched alkanes of at least 4 members (excludes halogenated alkanes) is 4. The van der Waals surface area contributed by atoms with Crippen molar-refractivity contribution in [2.75, 3.05) is 13.2 Å². The molecule has 10 heteroatoms. The molecule has 0 unspecified atom stereocenters. The van der Waals surface area contributed by atoms with E-state index in [9.17, 15) is 24.9 Å². The fraction of sp³-hybridized carbons (Fsp3) is 0.231. The lowest BCUT2D eigenvalue weighted by atomic mass is 9.77. The van der Waals surface area contributed by atoms with Crippen molar-refractivity contribution in [1.82, 2.24) is 0 Å². The highest BCUT2D eigenvalue weighted by Crippen LogP contribution is 2.36. The molecule has 0 radical (unpaired) electrons. The molecule has 8 nitrogen and oxygen atoms in total. The molecule has 6 aromatic carbocycles. The van der Waals surface area contributed by atoms with Crippen molar-refractivity contribution in [3.05, 3.63) is 168 Å². The quantitative estimate of drug-likeness (QED) is 0.0280. The van der Waals surface area contributed by atoms with E-state index in [4.69, 9.17) is 39.0 Å². The van der Waals surface area contributed by atoms with Crippen molar-refractivity contribution in [2.24, 2.45) is 5.41 Å². The molecule has 0 heterocycles. The highest BCUT2D eigenvalue weighted by molar-refractivity contribution is 7.81. The number of aromatic hydroxyl groups is 2. The minimum Gasteiger partial charge on any atom is -0.507 e. The second-order valence-electron chi connectivity index (χ2n) is 15.3. The number of carbonyl (C=O) groups is 2. The summed E-state index contributed by atoms with van der Waals surface area (Å²) in [6.45, 7) is 0.128. The monoisotopic (exact) mass is 866 g/mol. The van der Waals surface area contributed by atoms with Gasteiger partial charge in [0.05, 0.1) is 28.4 Å². The van der Waals surface area contributed by atoms with Crippen LogP contribution in [0.15, 0.2) is 146 Å². The fourth-order valence-corrected chi connectivity index (χ4v) is 8.10. The Bertz CT molecular complexity index is 2300. The van der Waals surface area contributed by atoms with Crippen LogP contribution >= 0.6 is 24.4 Å². The van der Waals surface area contributed by atoms with Gasteiger partial charge in [-0.2, -0.15) is 0 Å². The zero-order valence-electron chi connectivity index (χ0n) is 34.4. The first kappa shape index (κ1) is 45.2. The Morgan fingerprint density at radius 3 is 1.29 bits per heavy atom. The summed E-state index contributed by atoms with van der Waals surface area (Å²) in [6, 6.07) is 45.6. The maximum absolute atomic E-state index is 13.1. The van der Waals surface area contributed by atoms with Gasteiger partial charge in [-0.3, -0.25) is 9.59 Å². The van der Waals surface area contributed by atoms with Gasteiger partial charge in [0.2, 0.25) is 0 Å². The first-order chi connectivity index (χ1) is 30.0. The molecule has 0 spiro atoms. The Morgan fingerprint density at radius 1 is 0.484 bits per heavy atom. The Morgan fingerprint density at radius 2 is 0.887 bits per heavy atom. The van der Waals surface area contributed by atoms with E-state index >= 15 is 0 Å². The van der Waals surface area contributed by atoms with E-state index in [1.54, 1.807) is 24.3 Å². The molecular formula is C52H50O8S2. The van der Waals surface area contributed by atoms with E-state index in [2.05, 4.69) is 0 Å². The van der Waals surface area contributed by atoms with Gasteiger partial charge in [-0.15, -0.1) is 0 Å². The number of thiocarbonyl (C=S) groups is 2. The first-order valence-corrected chi connectivity index (χ1v) is 21.6. The second kappa shape index (κ2) is 21.9. The van der Waals surface area contributed by atoms with E-state index in [0.29, 0.717) is 51.6 Å². The lowest BCUT2D eigenvalue weighted by Gasteiger charge is -2.30. The third kappa shape index (κ3) is 12.1. The molecular weight excluding hydrogens is 817 g/mol. The van der Waals surface area contributed by atoms with Gasteiger partial charge in [-0.05, 0) is 83.3 Å². The van der Waals surface area contributed by atoms with Gasteiger partial charge in [0, 0.05) is 29.7 Å². The Balaban J connectivity index is 1.08. The predicted octanol–water partition coefficient (Wildman–Crippen LogP) is 12.1. The van der Waals surface area contributed by atoms with Gasteiger partial charge in [0.1, 0.15) is 23.0 Å². The van der Waals surface area contributed by atoms with E-state index in [1.807, 2.05) is 109 Å². The van der Waals surface area contributed by atoms with Crippen LogP contribution in [-0.2, 0) is 9.59 Å². The minimum absolute atomic E-state index is 0.0450. The summed E-state index contributed by atoms with van der Waals surface area (Å²) in [5.41, 5.74) is 5.65. The predicted molar refractivity (Wildman–Crippen MR) is 252 cm³/mol. The van der Waals surface area contributed by atoms with Crippen molar-refractivity contribution >= 4 is 46.1 Å². The smallest absolute Gasteiger partial charge is 0.309 e. The van der Waals surface area contributed by atoms with Gasteiger partial charge in [-0.25, -0.2) is 0 Å². The van der Waals surface area contributed by atoms with Gasteiger partial charge in [-0.1, -0.05) is 159 Å². The molecule has 4 N–H and O–H groups in total. The molecule has 0 aliphatic carbocycles. The largest absolute Gasteiger partial charge is 0.507 e. The van der Waals surface area contributed by atoms with E-state index in [1.165, 1.54) is 12.1 Å². The van der Waals surface area contributed by atoms with Crippen LogP contribution in [0.4, 0.5) is 0 Å². The molecule has 318 valence electrons. The molecule has 0 fully saturated rings. The highest BCUT2D eigenvalue weighted by Gasteiger charge is 2.38. The average Bonchev–Trinajstić information content (AvgIpc) is 3.28. The molecule has 62 heavy (non-hydrogen) atoms. The molecule has 0 aromatic heterocycles. The standard InChI is InChI=1S/C52H50O8S2/c53-46-34-42(25-27-44(46)49(61)40-21-17-38(18-22-40)36-12-6-4-7-13-36)59-32-30-52(51(57)58,29-11-3-1-2-10-16-48(55)56)31-33-60-43-26-28-45(47(54)35-43)50(62)41-23-19-39(20-24-41)37-14-8-5-9-15-37/h4-9,12-15,17-28,34-35,53-54H,1-3,10-11,16,29-33H2,(H,55,56)(H,57,58). The number of phenols is 2. The third-order valence-electron chi connectivity index (χ3n) is 11.1. The molecule has 0 bridgehead atoms. The Hall–Kier alpha value is -6.36. The summed E-state index contributed by atoms with van der Waals surface area (Å²) in [4.78, 5) is 25.0. The number of carboxylic acids is 2. The number of phenolic OH excluding ortho intramolecular Hbond substituents is 2. The van der Waals surface area contributed by atoms with Crippen LogP contribution in [-0.4, -0.2) is 55.3 Å². The summed E-state index contributed by atoms with van der Waals surface area (Å²) >= 11 is 11.5. The Labute approximate surface area is 373 Å². The second-order valence-corrected chi connectivity index (χ2v) is 16.2. The topological polar surface area (TPSA) is 134 Å². The van der Waals surface area contributed by atoms with Crippen molar-refractivity contribution in [3.63, 3.8) is 0 Å². The molecule has 6 aromatic rings. The molecule has 6 rings (SSSR count). The average molecular weight is 867 g/mol. The van der Waals surface area contributed by atoms with Crippen molar-refractivity contribution < 1.29 is 39.5 Å². The van der Waals surface area contributed by atoms with Crippen LogP contribution < -0.4 is 9.47 Å². The van der Waals surface area contributed by atoms with Crippen LogP contribution in [0.2, 0.25) is 0 Å². The number of hydrogen-bond donors (Lipinski definition) is 4. The van der Waals surface area contributed by atoms with Crippen LogP contribution in [0.3, 0.4) is 0 Å². The lowest BCUT2D eigenvalue weighted by Crippen LogP contribution is -2.35. The number of benzene rings is 6. The van der Waals surface area contributed by atoms with Crippen LogP contribution in [0.5, 0.6) is 23.0 Å². The molecule has 0 atom stereocenters. The normalized spacial score (nSPS) is 11.2. The third-order valence-corrected chi connectivity index (χ3v) is 12.0. The summed E-state index contributed by atoms with van der Waals surface area (Å²) in [5.74, 6) is -1.13. The maximum Gasteiger partial charge on any atom is 0.309 e. The van der Waals surface area contributed by atoms with Crippen LogP contribution in [0.25, 0.3) is 22.3 Å². The molecule has 0 amide bonds. The minimum atomic E-state index is -1.20. The van der Waals surface area contributed by atoms with E-state index < -0.39 is 17.4 Å². The van der Waals surface area contributed by atoms with Gasteiger partial charge < -0.3 is 29.9 Å². The van der Waals surface area contributed by atoms with E-state index in [-0.39, 0.29) is 44.0 Å². The number of aliphatic carboxylic acids is 2. The van der Waals surface area contributed by atoms with E-state index in [0.717, 1.165) is 52.6 Å². The molecule has 0 aliphatic rings. The SMILES string of the molecule is O=C(O)CCCCCCCC(CCOc1ccc(C(=S)c2ccc(-c3ccccc3)cc2)c(O)c1)(CCOc1ccc(C(=S)c2ccc(-c3ccccc3)cc2)c(O)c1)C(=O)O. The maximum atomic E-state index is 13.1. The number of carboxylic acid groups (broad SMARTS) is 2. The van der Waals surface area contributed by atoms with Crippen LogP contribution in [0.1, 0.15) is 80.0 Å². The van der Waals surface area contributed by atoms with Gasteiger partial charge >= 0.3 is 11.9 Å². The lowest BCUT2D eigenvalue weighted by molar-refractivity contribution is -0.151. The van der Waals surface area contributed by atoms with Crippen molar-refractivity contribution in [1.29, 1.82) is 0 Å². The Kier molecular flexibility index (Phi) is 16.0. The molecule has 0 saturated carbocycles. The molecule has 0 saturated heterocycles. The summed E-state index contributed by atoms with van der Waals surface area (Å²) in [7, 11) is 0. The van der Waals surface area contributed by atoms with Gasteiger partial charge in [0.15, 0.2) is 0 Å². The first-order valence-electron chi connectivity index (χ1n) is 20.8. The number of ether oxygens (including phenoxy) is 2. The summed E-state index contributed by atoms with van der Waals surface area (Å²) in [5, 5.41) is 41.7. The summed E-state index contributed by atoms with van der Waals surface area (Å²) in [6.07, 6.45) is 4.31. The summed E-state index contributed by atoms with van der Waals surface area (Å²) < 4.78 is 12.1. The van der Waals surface area contributed by atoms with Crippen molar-refractivity contribution in [3.8, 4) is 45.3 Å². The molecule has 0 aliphatic heterocycles. The van der Waals surface area contributed by atoms with Gasteiger partial charge in [0.25, 0.3) is 0 Å². The number of rotatable bonds is 23. The number of hydrogen-bond acceptors (Lipinski definition) is 8. The fourth-order valence-electron chi connectivity index (χ4n) is 7.48. The zero-order chi connectivity index (χ0) is 43.9. The zero-order valence-corrected chi connectivity index (χ0v) is 36.0. The van der Waals surface area contributed by atoms with Crippen molar-refractivity contribution in [2.45, 2.75) is 57.8 Å². The highest BCUT2D eigenvalue weighted by atomic mass is 32.1. The van der Waals surface area contributed by atoms with Crippen LogP contribution in [0, 0.1) is 5.41 Å².